The van der Waals surface area contributed by atoms with Gasteiger partial charge in [0.15, 0.2) is 0 Å². The number of nitrogens with one attached hydrogen (secondary N) is 1. The van der Waals surface area contributed by atoms with Crippen molar-refractivity contribution in [2.45, 2.75) is 37.6 Å². The highest BCUT2D eigenvalue weighted by Crippen LogP contribution is 2.29. The molecule has 2 rings (SSSR count). The summed E-state index contributed by atoms with van der Waals surface area (Å²) in [6.07, 6.45) is 2.48. The standard InChI is InChI=1S/C11H20F2N2/c1-14-6-2-10(3-7-14)15-8-4-11(12,13)5-9-15/h10H,2-9H2,1H3/p+1. The zero-order valence-electron chi connectivity index (χ0n) is 9.44. The van der Waals surface area contributed by atoms with E-state index < -0.39 is 5.92 Å². The number of alkyl halides is 2. The van der Waals surface area contributed by atoms with Gasteiger partial charge in [0.2, 0.25) is 0 Å². The van der Waals surface area contributed by atoms with Gasteiger partial charge in [-0.15, -0.1) is 0 Å². The molecule has 2 fully saturated rings. The molecule has 0 aromatic rings. The van der Waals surface area contributed by atoms with Crippen molar-refractivity contribution in [2.24, 2.45) is 0 Å². The topological polar surface area (TPSA) is 7.68 Å². The Morgan fingerprint density at radius 3 is 2.20 bits per heavy atom. The van der Waals surface area contributed by atoms with E-state index in [1.165, 1.54) is 25.9 Å². The van der Waals surface area contributed by atoms with Gasteiger partial charge in [0, 0.05) is 44.8 Å². The molecular formula is C11H21F2N2+. The molecule has 0 atom stereocenters. The van der Waals surface area contributed by atoms with Crippen LogP contribution in [0.5, 0.6) is 0 Å². The molecule has 0 amide bonds. The first-order valence-electron chi connectivity index (χ1n) is 6.00. The Bertz CT molecular complexity index is 203. The zero-order valence-corrected chi connectivity index (χ0v) is 9.44. The first kappa shape index (κ1) is 11.3. The average Bonchev–Trinajstić information content (AvgIpc) is 2.20. The lowest BCUT2D eigenvalue weighted by atomic mass is 9.99. The summed E-state index contributed by atoms with van der Waals surface area (Å²) < 4.78 is 26.0. The number of hydrogen-bond acceptors (Lipinski definition) is 1. The summed E-state index contributed by atoms with van der Waals surface area (Å²) in [6.45, 7) is 3.57. The minimum absolute atomic E-state index is 0.0617. The molecule has 0 unspecified atom stereocenters. The summed E-state index contributed by atoms with van der Waals surface area (Å²) in [5.74, 6) is -2.40. The second-order valence-electron chi connectivity index (χ2n) is 5.08. The predicted octanol–water partition coefficient (Wildman–Crippen LogP) is 0.395. The molecule has 15 heavy (non-hydrogen) atoms. The Morgan fingerprint density at radius 1 is 1.13 bits per heavy atom. The van der Waals surface area contributed by atoms with Gasteiger partial charge in [-0.3, -0.25) is 4.90 Å². The van der Waals surface area contributed by atoms with Gasteiger partial charge in [0.25, 0.3) is 5.92 Å². The molecule has 0 aromatic carbocycles. The van der Waals surface area contributed by atoms with Crippen molar-refractivity contribution in [3.63, 3.8) is 0 Å². The maximum atomic E-state index is 13.0. The van der Waals surface area contributed by atoms with Crippen molar-refractivity contribution in [2.75, 3.05) is 33.2 Å². The van der Waals surface area contributed by atoms with Crippen LogP contribution in [-0.4, -0.2) is 50.1 Å². The summed E-state index contributed by atoms with van der Waals surface area (Å²) in [7, 11) is 2.21. The minimum Gasteiger partial charge on any atom is -0.337 e. The third-order valence-corrected chi connectivity index (χ3v) is 3.85. The van der Waals surface area contributed by atoms with E-state index in [0.29, 0.717) is 19.1 Å². The third-order valence-electron chi connectivity index (χ3n) is 3.85. The molecule has 0 spiro atoms. The fourth-order valence-corrected chi connectivity index (χ4v) is 2.68. The Hall–Kier alpha value is -0.220. The van der Waals surface area contributed by atoms with E-state index >= 15 is 0 Å². The molecule has 0 saturated carbocycles. The summed E-state index contributed by atoms with van der Waals surface area (Å²) in [5, 5.41) is 0. The van der Waals surface area contributed by atoms with Crippen LogP contribution in [0.25, 0.3) is 0 Å². The van der Waals surface area contributed by atoms with Crippen LogP contribution >= 0.6 is 0 Å². The number of nitrogens with zero attached hydrogens (tertiary/aromatic N) is 1. The van der Waals surface area contributed by atoms with Crippen LogP contribution in [-0.2, 0) is 0 Å². The molecule has 88 valence electrons. The normalized spacial score (nSPS) is 37.8. The number of piperidine rings is 2. The smallest absolute Gasteiger partial charge is 0.250 e. The summed E-state index contributed by atoms with van der Waals surface area (Å²) >= 11 is 0. The lowest BCUT2D eigenvalue weighted by molar-refractivity contribution is -0.885. The maximum Gasteiger partial charge on any atom is 0.250 e. The number of halogens is 2. The number of likely N-dealkylation sites (tertiary alicyclic amines) is 2. The third kappa shape index (κ3) is 2.88. The molecule has 2 heterocycles. The zero-order chi connectivity index (χ0) is 10.9. The van der Waals surface area contributed by atoms with Crippen molar-refractivity contribution >= 4 is 0 Å². The van der Waals surface area contributed by atoms with E-state index in [1.807, 2.05) is 0 Å². The van der Waals surface area contributed by atoms with Crippen molar-refractivity contribution in [1.29, 1.82) is 0 Å². The molecule has 0 radical (unpaired) electrons. The predicted molar refractivity (Wildman–Crippen MR) is 55.4 cm³/mol. The van der Waals surface area contributed by atoms with Gasteiger partial charge in [-0.1, -0.05) is 0 Å². The molecule has 1 N–H and O–H groups in total. The minimum atomic E-state index is -2.40. The molecule has 2 aliphatic heterocycles. The first-order chi connectivity index (χ1) is 7.07. The maximum absolute atomic E-state index is 13.0. The fourth-order valence-electron chi connectivity index (χ4n) is 2.68. The van der Waals surface area contributed by atoms with Gasteiger partial charge in [0.05, 0.1) is 20.1 Å². The van der Waals surface area contributed by atoms with Crippen molar-refractivity contribution in [1.82, 2.24) is 4.90 Å². The van der Waals surface area contributed by atoms with Crippen molar-refractivity contribution in [3.8, 4) is 0 Å². The van der Waals surface area contributed by atoms with Gasteiger partial charge >= 0.3 is 0 Å². The second-order valence-corrected chi connectivity index (χ2v) is 5.08. The Morgan fingerprint density at radius 2 is 1.67 bits per heavy atom. The molecule has 0 aromatic heterocycles. The van der Waals surface area contributed by atoms with Crippen LogP contribution in [0, 0.1) is 0 Å². The van der Waals surface area contributed by atoms with Crippen LogP contribution in [0.15, 0.2) is 0 Å². The lowest BCUT2D eigenvalue weighted by Crippen LogP contribution is -3.10. The fraction of sp³-hybridized carbons (Fsp3) is 1.00. The monoisotopic (exact) mass is 219 g/mol. The van der Waals surface area contributed by atoms with Crippen LogP contribution in [0.3, 0.4) is 0 Å². The Kier molecular flexibility index (Phi) is 3.26. The lowest BCUT2D eigenvalue weighted by Gasteiger charge is -2.39. The van der Waals surface area contributed by atoms with Crippen LogP contribution in [0.4, 0.5) is 8.78 Å². The van der Waals surface area contributed by atoms with Gasteiger partial charge < -0.3 is 4.90 Å². The summed E-state index contributed by atoms with van der Waals surface area (Å²) in [6, 6.07) is 0.574. The Balaban J connectivity index is 1.80. The van der Waals surface area contributed by atoms with Crippen molar-refractivity contribution < 1.29 is 13.7 Å². The first-order valence-corrected chi connectivity index (χ1v) is 6.00. The van der Waals surface area contributed by atoms with Gasteiger partial charge in [-0.25, -0.2) is 8.78 Å². The molecule has 0 bridgehead atoms. The number of rotatable bonds is 1. The molecule has 2 aliphatic rings. The molecule has 2 saturated heterocycles. The highest BCUT2D eigenvalue weighted by Gasteiger charge is 2.37. The van der Waals surface area contributed by atoms with Gasteiger partial charge in [0.1, 0.15) is 0 Å². The second kappa shape index (κ2) is 4.34. The molecule has 4 heteroatoms. The van der Waals surface area contributed by atoms with Gasteiger partial charge in [-0.2, -0.15) is 0 Å². The van der Waals surface area contributed by atoms with E-state index in [0.717, 1.165) is 0 Å². The summed E-state index contributed by atoms with van der Waals surface area (Å²) in [5.41, 5.74) is 0. The molecule has 2 nitrogen and oxygen atoms in total. The van der Waals surface area contributed by atoms with E-state index in [9.17, 15) is 8.78 Å². The SMILES string of the molecule is C[NH+]1CCC(N2CCC(F)(F)CC2)CC1. The average molecular weight is 219 g/mol. The van der Waals surface area contributed by atoms with E-state index in [1.54, 1.807) is 4.90 Å². The van der Waals surface area contributed by atoms with Crippen molar-refractivity contribution in [3.05, 3.63) is 0 Å². The summed E-state index contributed by atoms with van der Waals surface area (Å²) in [4.78, 5) is 3.86. The highest BCUT2D eigenvalue weighted by atomic mass is 19.3. The highest BCUT2D eigenvalue weighted by molar-refractivity contribution is 4.82. The largest absolute Gasteiger partial charge is 0.337 e. The van der Waals surface area contributed by atoms with Crippen LogP contribution in [0.2, 0.25) is 0 Å². The van der Waals surface area contributed by atoms with E-state index in [4.69, 9.17) is 0 Å². The number of quaternary nitrogens is 1. The number of hydrogen-bond donors (Lipinski definition) is 1. The van der Waals surface area contributed by atoms with Crippen LogP contribution < -0.4 is 4.90 Å². The Labute approximate surface area is 90.2 Å². The molecular weight excluding hydrogens is 198 g/mol. The van der Waals surface area contributed by atoms with E-state index in [2.05, 4.69) is 11.9 Å². The van der Waals surface area contributed by atoms with E-state index in [-0.39, 0.29) is 12.8 Å². The quantitative estimate of drug-likeness (QED) is 0.670. The molecule has 0 aliphatic carbocycles. The van der Waals surface area contributed by atoms with Crippen LogP contribution in [0.1, 0.15) is 25.7 Å². The van der Waals surface area contributed by atoms with Gasteiger partial charge in [-0.05, 0) is 0 Å².